The Morgan fingerprint density at radius 2 is 2.18 bits per heavy atom. The number of rotatable bonds is 7. The molecule has 1 aromatic heterocycles. The number of ether oxygens (including phenoxy) is 1. The van der Waals surface area contributed by atoms with Crippen LogP contribution in [0.15, 0.2) is 15.8 Å². The quantitative estimate of drug-likeness (QED) is 0.348. The average molecular weight is 412 g/mol. The van der Waals surface area contributed by atoms with E-state index in [4.69, 9.17) is 14.4 Å². The van der Waals surface area contributed by atoms with Gasteiger partial charge in [-0.25, -0.2) is 4.79 Å². The summed E-state index contributed by atoms with van der Waals surface area (Å²) >= 11 is 1.26. The van der Waals surface area contributed by atoms with Crippen LogP contribution in [0.2, 0.25) is 0 Å². The summed E-state index contributed by atoms with van der Waals surface area (Å²) in [4.78, 5) is 52.0. The van der Waals surface area contributed by atoms with E-state index in [9.17, 15) is 24.3 Å². The van der Waals surface area contributed by atoms with Crippen LogP contribution in [0.5, 0.6) is 0 Å². The Labute approximate surface area is 161 Å². The number of nitrogens with zero attached hydrogens (tertiary/aromatic N) is 3. The molecular weight excluding hydrogens is 396 g/mol. The lowest BCUT2D eigenvalue weighted by molar-refractivity contribution is -0.151. The summed E-state index contributed by atoms with van der Waals surface area (Å²) < 4.78 is 9.64. The fourth-order valence-electron chi connectivity index (χ4n) is 2.77. The molecule has 0 aromatic carbocycles. The number of aliphatic carboxylic acids is 1. The van der Waals surface area contributed by atoms with Gasteiger partial charge < -0.3 is 24.8 Å². The normalized spacial score (nSPS) is 21.1. The van der Waals surface area contributed by atoms with Crippen molar-refractivity contribution in [2.45, 2.75) is 31.4 Å². The van der Waals surface area contributed by atoms with Crippen molar-refractivity contribution in [1.82, 2.24) is 20.4 Å². The van der Waals surface area contributed by atoms with Gasteiger partial charge in [-0.05, 0) is 0 Å². The van der Waals surface area contributed by atoms with Crippen LogP contribution in [0.4, 0.5) is 0 Å². The zero-order chi connectivity index (χ0) is 20.4. The number of β-lactam (4-membered cyclic amide) rings is 1. The van der Waals surface area contributed by atoms with Gasteiger partial charge in [0.2, 0.25) is 11.8 Å². The maximum absolute atomic E-state index is 12.4. The molecule has 0 unspecified atom stereocenters. The molecule has 3 N–H and O–H groups in total. The second kappa shape index (κ2) is 7.98. The number of fused-ring (bicyclic) bond motifs is 1. The number of nitrogens with one attached hydrogen (secondary N) is 1. The molecule has 2 aliphatic rings. The predicted octanol–water partition coefficient (Wildman–Crippen LogP) is -1.59. The molecule has 12 nitrogen and oxygen atoms in total. The molecule has 0 saturated carbocycles. The third-order valence-electron chi connectivity index (χ3n) is 3.98. The van der Waals surface area contributed by atoms with Crippen LogP contribution in [-0.2, 0) is 36.9 Å². The first-order valence-corrected chi connectivity index (χ1v) is 9.11. The fourth-order valence-corrected chi connectivity index (χ4v) is 4.10. The van der Waals surface area contributed by atoms with Crippen molar-refractivity contribution in [1.29, 1.82) is 0 Å². The molecule has 150 valence electrons. The number of carbonyl (C=O) groups is 4. The van der Waals surface area contributed by atoms with Gasteiger partial charge >= 0.3 is 11.9 Å². The maximum Gasteiger partial charge on any atom is 0.352 e. The van der Waals surface area contributed by atoms with Crippen molar-refractivity contribution in [3.8, 4) is 0 Å². The monoisotopic (exact) mass is 412 g/mol. The van der Waals surface area contributed by atoms with E-state index >= 15 is 0 Å². The average Bonchev–Trinajstić information content (AvgIpc) is 3.10. The second-order valence-electron chi connectivity index (χ2n) is 5.93. The molecule has 3 rings (SSSR count). The third-order valence-corrected chi connectivity index (χ3v) is 5.32. The lowest BCUT2D eigenvalue weighted by Crippen LogP contribution is -2.70. The summed E-state index contributed by atoms with van der Waals surface area (Å²) in [7, 11) is 0. The molecule has 28 heavy (non-hydrogen) atoms. The van der Waals surface area contributed by atoms with Crippen LogP contribution in [0.1, 0.15) is 18.6 Å². The SMILES string of the molecule is CC(=O)OCC1=C(C(=O)O)N2C(=O)[C@@H](NC(=O)Cc3nc(CO)no3)[C@H]2SC1. The highest BCUT2D eigenvalue weighted by Crippen LogP contribution is 2.40. The number of esters is 1. The predicted molar refractivity (Wildman–Crippen MR) is 90.2 cm³/mol. The van der Waals surface area contributed by atoms with Gasteiger partial charge in [0.1, 0.15) is 36.7 Å². The van der Waals surface area contributed by atoms with Crippen molar-refractivity contribution in [3.63, 3.8) is 0 Å². The lowest BCUT2D eigenvalue weighted by atomic mass is 10.0. The number of amides is 2. The summed E-state index contributed by atoms with van der Waals surface area (Å²) in [6, 6.07) is -0.901. The van der Waals surface area contributed by atoms with E-state index in [0.717, 1.165) is 4.90 Å². The highest BCUT2D eigenvalue weighted by atomic mass is 32.2. The van der Waals surface area contributed by atoms with Gasteiger partial charge in [0, 0.05) is 18.2 Å². The second-order valence-corrected chi connectivity index (χ2v) is 7.04. The van der Waals surface area contributed by atoms with Crippen molar-refractivity contribution in [2.75, 3.05) is 12.4 Å². The summed E-state index contributed by atoms with van der Waals surface area (Å²) in [5, 5.41) is 23.7. The van der Waals surface area contributed by atoms with E-state index in [-0.39, 0.29) is 36.2 Å². The molecule has 0 spiro atoms. The maximum atomic E-state index is 12.4. The van der Waals surface area contributed by atoms with E-state index in [1.165, 1.54) is 18.7 Å². The van der Waals surface area contributed by atoms with E-state index in [0.29, 0.717) is 5.57 Å². The molecule has 13 heteroatoms. The molecule has 2 amide bonds. The molecule has 0 radical (unpaired) electrons. The van der Waals surface area contributed by atoms with Gasteiger partial charge in [-0.3, -0.25) is 19.3 Å². The molecule has 2 aliphatic heterocycles. The standard InChI is InChI=1S/C15H16N4O8S/c1-6(21)26-4-7-5-28-14-11(13(23)19(14)12(7)15(24)25)17-9(22)2-10-16-8(3-20)18-27-10/h11,14,20H,2-5H2,1H3,(H,17,22)(H,24,25)/t11-,14-/m1/s1. The first-order chi connectivity index (χ1) is 13.3. The highest BCUT2D eigenvalue weighted by Gasteiger charge is 2.54. The summed E-state index contributed by atoms with van der Waals surface area (Å²) in [6.45, 7) is 0.550. The molecule has 0 aliphatic carbocycles. The molecule has 1 fully saturated rings. The number of aliphatic hydroxyl groups excluding tert-OH is 1. The minimum absolute atomic E-state index is 0.0173. The number of aromatic nitrogens is 2. The Balaban J connectivity index is 1.66. The molecule has 2 atom stereocenters. The number of hydrogen-bond acceptors (Lipinski definition) is 10. The Bertz CT molecular complexity index is 866. The van der Waals surface area contributed by atoms with Gasteiger partial charge in [0.05, 0.1) is 0 Å². The van der Waals surface area contributed by atoms with Crippen LogP contribution < -0.4 is 5.32 Å². The van der Waals surface area contributed by atoms with Crippen molar-refractivity contribution in [3.05, 3.63) is 23.0 Å². The van der Waals surface area contributed by atoms with Crippen molar-refractivity contribution in [2.24, 2.45) is 0 Å². The number of carboxylic acids is 1. The highest BCUT2D eigenvalue weighted by molar-refractivity contribution is 8.00. The molecule has 3 heterocycles. The molecule has 1 aromatic rings. The third kappa shape index (κ3) is 3.84. The minimum Gasteiger partial charge on any atom is -0.477 e. The lowest BCUT2D eigenvalue weighted by Gasteiger charge is -2.49. The van der Waals surface area contributed by atoms with Crippen molar-refractivity contribution >= 4 is 35.5 Å². The molecule has 1 saturated heterocycles. The van der Waals surface area contributed by atoms with E-state index < -0.39 is 41.8 Å². The Hall–Kier alpha value is -2.93. The Kier molecular flexibility index (Phi) is 5.65. The number of hydrogen-bond donors (Lipinski definition) is 3. The molecule has 0 bridgehead atoms. The number of carboxylic acid groups (broad SMARTS) is 1. The zero-order valence-corrected chi connectivity index (χ0v) is 15.4. The summed E-state index contributed by atoms with van der Waals surface area (Å²) in [5.41, 5.74) is 0.0782. The Morgan fingerprint density at radius 3 is 2.79 bits per heavy atom. The van der Waals surface area contributed by atoms with E-state index in [2.05, 4.69) is 15.5 Å². The first-order valence-electron chi connectivity index (χ1n) is 8.06. The topological polar surface area (TPSA) is 172 Å². The minimum atomic E-state index is -1.31. The van der Waals surface area contributed by atoms with Gasteiger partial charge in [0.25, 0.3) is 5.91 Å². The van der Waals surface area contributed by atoms with Gasteiger partial charge in [-0.15, -0.1) is 11.8 Å². The summed E-state index contributed by atoms with van der Waals surface area (Å²) in [5.74, 6) is -2.76. The van der Waals surface area contributed by atoms with Crippen molar-refractivity contribution < 1.29 is 38.7 Å². The Morgan fingerprint density at radius 1 is 1.43 bits per heavy atom. The van der Waals surface area contributed by atoms with Gasteiger partial charge in [-0.2, -0.15) is 4.98 Å². The van der Waals surface area contributed by atoms with Crippen LogP contribution in [-0.4, -0.2) is 72.8 Å². The van der Waals surface area contributed by atoms with Crippen LogP contribution in [0.3, 0.4) is 0 Å². The van der Waals surface area contributed by atoms with E-state index in [1.54, 1.807) is 0 Å². The van der Waals surface area contributed by atoms with Crippen LogP contribution in [0.25, 0.3) is 0 Å². The molecular formula is C15H16N4O8S. The summed E-state index contributed by atoms with van der Waals surface area (Å²) in [6.07, 6.45) is -0.284. The number of thioether (sulfide) groups is 1. The number of aliphatic hydroxyl groups is 1. The first kappa shape index (κ1) is 19.8. The fraction of sp³-hybridized carbons (Fsp3) is 0.467. The number of carbonyl (C=O) groups excluding carboxylic acids is 3. The van der Waals surface area contributed by atoms with E-state index in [1.807, 2.05) is 0 Å². The smallest absolute Gasteiger partial charge is 0.352 e. The zero-order valence-electron chi connectivity index (χ0n) is 14.6. The van der Waals surface area contributed by atoms with Crippen LogP contribution in [0, 0.1) is 0 Å². The van der Waals surface area contributed by atoms with Gasteiger partial charge in [-0.1, -0.05) is 5.16 Å². The van der Waals surface area contributed by atoms with Gasteiger partial charge in [0.15, 0.2) is 5.82 Å². The van der Waals surface area contributed by atoms with Crippen LogP contribution >= 0.6 is 11.8 Å². The largest absolute Gasteiger partial charge is 0.477 e.